The van der Waals surface area contributed by atoms with Crippen molar-refractivity contribution >= 4 is 23.3 Å². The summed E-state index contributed by atoms with van der Waals surface area (Å²) < 4.78 is 7.58. The summed E-state index contributed by atoms with van der Waals surface area (Å²) in [6.45, 7) is 10.2. The molecule has 7 heteroatoms. The zero-order valence-corrected chi connectivity index (χ0v) is 15.0. The van der Waals surface area contributed by atoms with Crippen LogP contribution in [0.25, 0.3) is 0 Å². The van der Waals surface area contributed by atoms with Crippen molar-refractivity contribution in [3.05, 3.63) is 17.0 Å². The Bertz CT molecular complexity index is 647. The average Bonchev–Trinajstić information content (AvgIpc) is 2.59. The molecule has 6 nitrogen and oxygen atoms in total. The Morgan fingerprint density at radius 1 is 1.43 bits per heavy atom. The second-order valence-corrected chi connectivity index (χ2v) is 7.62. The molecule has 23 heavy (non-hydrogen) atoms. The molecule has 126 valence electrons. The molecular weight excluding hydrogens is 312 g/mol. The van der Waals surface area contributed by atoms with Crippen molar-refractivity contribution in [1.82, 2.24) is 20.0 Å². The second kappa shape index (κ2) is 5.87. The van der Waals surface area contributed by atoms with Crippen molar-refractivity contribution in [3.8, 4) is 0 Å². The molecule has 1 aromatic heterocycles. The van der Waals surface area contributed by atoms with Crippen molar-refractivity contribution in [1.29, 1.82) is 0 Å². The van der Waals surface area contributed by atoms with Gasteiger partial charge in [-0.2, -0.15) is 5.10 Å². The van der Waals surface area contributed by atoms with E-state index >= 15 is 0 Å². The van der Waals surface area contributed by atoms with Crippen LogP contribution in [0.5, 0.6) is 0 Å². The van der Waals surface area contributed by atoms with Gasteiger partial charge in [-0.05, 0) is 40.7 Å². The number of nitrogens with one attached hydrogen (secondary N) is 1. The minimum Gasteiger partial charge on any atom is -0.443 e. The molecule has 0 bridgehead atoms. The van der Waals surface area contributed by atoms with Crippen LogP contribution in [0.15, 0.2) is 0 Å². The van der Waals surface area contributed by atoms with Crippen molar-refractivity contribution in [3.63, 3.8) is 0 Å². The van der Waals surface area contributed by atoms with E-state index in [1.165, 1.54) is 0 Å². The van der Waals surface area contributed by atoms with Crippen molar-refractivity contribution in [2.45, 2.75) is 65.3 Å². The molecule has 1 aromatic rings. The van der Waals surface area contributed by atoms with E-state index in [0.29, 0.717) is 11.4 Å². The lowest BCUT2D eigenvalue weighted by Crippen LogP contribution is -2.49. The monoisotopic (exact) mass is 336 g/mol. The molecule has 0 radical (unpaired) electrons. The highest BCUT2D eigenvalue weighted by Gasteiger charge is 2.38. The van der Waals surface area contributed by atoms with Crippen molar-refractivity contribution in [2.24, 2.45) is 0 Å². The number of carbonyl (C=O) groups excluding carboxylic acids is 1. The van der Waals surface area contributed by atoms with E-state index < -0.39 is 5.60 Å². The molecule has 2 aliphatic rings. The Balaban J connectivity index is 1.95. The van der Waals surface area contributed by atoms with Gasteiger partial charge >= 0.3 is 6.09 Å². The predicted octanol–water partition coefficient (Wildman–Crippen LogP) is 2.23. The van der Waals surface area contributed by atoms with Gasteiger partial charge in [0.1, 0.15) is 10.6 Å². The van der Waals surface area contributed by atoms with Crippen LogP contribution in [0.1, 0.15) is 51.1 Å². The number of fused-ring (bicyclic) bond motifs is 3. The van der Waals surface area contributed by atoms with Crippen LogP contribution in [0, 0.1) is 0 Å². The number of hydrogen-bond acceptors (Lipinski definition) is 5. The summed E-state index contributed by atoms with van der Waals surface area (Å²) in [6.07, 6.45) is 1.38. The lowest BCUT2D eigenvalue weighted by molar-refractivity contribution is 0.0322. The summed E-state index contributed by atoms with van der Waals surface area (Å²) in [5, 5.41) is 8.13. The zero-order chi connectivity index (χ0) is 16.8. The van der Waals surface area contributed by atoms with Gasteiger partial charge < -0.3 is 10.1 Å². The van der Waals surface area contributed by atoms with Gasteiger partial charge in [-0.1, -0.05) is 12.2 Å². The number of carbonyl (C=O) groups is 1. The van der Waals surface area contributed by atoms with Gasteiger partial charge in [0.15, 0.2) is 0 Å². The molecule has 1 atom stereocenters. The quantitative estimate of drug-likeness (QED) is 0.736. The number of rotatable bonds is 0. The SMILES string of the molecule is C[C@@H]1Cc2nn3c(c2C(=S)N1C(=O)OC(C)(C)C)CNCCC3. The predicted molar refractivity (Wildman–Crippen MR) is 91.5 cm³/mol. The summed E-state index contributed by atoms with van der Waals surface area (Å²) in [7, 11) is 0. The Morgan fingerprint density at radius 2 is 2.17 bits per heavy atom. The van der Waals surface area contributed by atoms with E-state index in [0.717, 1.165) is 43.0 Å². The number of hydrogen-bond donors (Lipinski definition) is 1. The van der Waals surface area contributed by atoms with Crippen LogP contribution in [0.3, 0.4) is 0 Å². The van der Waals surface area contributed by atoms with Crippen LogP contribution in [-0.2, 0) is 24.2 Å². The van der Waals surface area contributed by atoms with Crippen LogP contribution in [0.2, 0.25) is 0 Å². The highest BCUT2D eigenvalue weighted by molar-refractivity contribution is 7.80. The topological polar surface area (TPSA) is 59.4 Å². The van der Waals surface area contributed by atoms with Gasteiger partial charge in [0, 0.05) is 25.6 Å². The number of aryl methyl sites for hydroxylation is 1. The molecule has 1 N–H and O–H groups in total. The number of aromatic nitrogens is 2. The molecule has 1 amide bonds. The number of thiocarbonyl (C=S) groups is 1. The molecule has 0 saturated carbocycles. The van der Waals surface area contributed by atoms with E-state index in [9.17, 15) is 4.79 Å². The lowest BCUT2D eigenvalue weighted by atomic mass is 10.00. The Hall–Kier alpha value is -1.47. The van der Waals surface area contributed by atoms with Crippen LogP contribution >= 0.6 is 12.2 Å². The molecule has 0 aromatic carbocycles. The number of ether oxygens (including phenoxy) is 1. The van der Waals surface area contributed by atoms with E-state index in [-0.39, 0.29) is 12.1 Å². The van der Waals surface area contributed by atoms with E-state index in [1.54, 1.807) is 4.90 Å². The van der Waals surface area contributed by atoms with Gasteiger partial charge in [0.25, 0.3) is 0 Å². The average molecular weight is 336 g/mol. The zero-order valence-electron chi connectivity index (χ0n) is 14.2. The highest BCUT2D eigenvalue weighted by Crippen LogP contribution is 2.29. The van der Waals surface area contributed by atoms with Crippen LogP contribution in [0.4, 0.5) is 4.79 Å². The minimum atomic E-state index is -0.538. The maximum Gasteiger partial charge on any atom is 0.415 e. The molecule has 3 rings (SSSR count). The molecule has 0 aliphatic carbocycles. The van der Waals surface area contributed by atoms with E-state index in [1.807, 2.05) is 32.4 Å². The van der Waals surface area contributed by atoms with Gasteiger partial charge in [-0.15, -0.1) is 0 Å². The molecule has 2 aliphatic heterocycles. The standard InChI is InChI=1S/C16H24N4O2S/c1-10-8-11-13(12-9-17-6-5-7-19(12)18-11)14(23)20(10)15(21)22-16(2,3)4/h10,17H,5-9H2,1-4H3/t10-/m1/s1. The second-order valence-electron chi connectivity index (χ2n) is 7.23. The molecule has 0 spiro atoms. The first-order valence-electron chi connectivity index (χ1n) is 8.14. The Kier molecular flexibility index (Phi) is 4.18. The lowest BCUT2D eigenvalue weighted by Gasteiger charge is -2.34. The first kappa shape index (κ1) is 16.4. The van der Waals surface area contributed by atoms with Crippen LogP contribution < -0.4 is 5.32 Å². The molecular formula is C16H24N4O2S. The van der Waals surface area contributed by atoms with E-state index in [4.69, 9.17) is 22.1 Å². The van der Waals surface area contributed by atoms with Gasteiger partial charge in [0.05, 0.1) is 17.0 Å². The largest absolute Gasteiger partial charge is 0.443 e. The van der Waals surface area contributed by atoms with Crippen molar-refractivity contribution < 1.29 is 9.53 Å². The molecule has 0 saturated heterocycles. The maximum atomic E-state index is 12.6. The fourth-order valence-corrected chi connectivity index (χ4v) is 3.62. The van der Waals surface area contributed by atoms with Crippen LogP contribution in [-0.4, -0.2) is 43.9 Å². The summed E-state index contributed by atoms with van der Waals surface area (Å²) >= 11 is 5.65. The highest BCUT2D eigenvalue weighted by atomic mass is 32.1. The summed E-state index contributed by atoms with van der Waals surface area (Å²) in [4.78, 5) is 14.7. The minimum absolute atomic E-state index is 0.0445. The first-order valence-corrected chi connectivity index (χ1v) is 8.54. The van der Waals surface area contributed by atoms with Gasteiger partial charge in [-0.25, -0.2) is 4.79 Å². The smallest absolute Gasteiger partial charge is 0.415 e. The van der Waals surface area contributed by atoms with Crippen molar-refractivity contribution in [2.75, 3.05) is 6.54 Å². The fraction of sp³-hybridized carbons (Fsp3) is 0.688. The Morgan fingerprint density at radius 3 is 2.87 bits per heavy atom. The first-order chi connectivity index (χ1) is 10.8. The van der Waals surface area contributed by atoms with E-state index in [2.05, 4.69) is 5.32 Å². The number of amides is 1. The fourth-order valence-electron chi connectivity index (χ4n) is 3.13. The summed E-state index contributed by atoms with van der Waals surface area (Å²) in [5.74, 6) is 0. The normalized spacial score (nSPS) is 21.5. The van der Waals surface area contributed by atoms with Gasteiger partial charge in [0.2, 0.25) is 0 Å². The molecule has 3 heterocycles. The number of nitrogens with zero attached hydrogens (tertiary/aromatic N) is 3. The third kappa shape index (κ3) is 3.12. The Labute approximate surface area is 142 Å². The third-order valence-electron chi connectivity index (χ3n) is 4.10. The summed E-state index contributed by atoms with van der Waals surface area (Å²) in [6, 6.07) is -0.0445. The summed E-state index contributed by atoms with van der Waals surface area (Å²) in [5.41, 5.74) is 2.49. The maximum absolute atomic E-state index is 12.6. The molecule has 0 unspecified atom stereocenters. The van der Waals surface area contributed by atoms with Gasteiger partial charge in [-0.3, -0.25) is 9.58 Å². The third-order valence-corrected chi connectivity index (χ3v) is 4.50. The molecule has 0 fully saturated rings.